The minimum absolute atomic E-state index is 0.0000917. The van der Waals surface area contributed by atoms with Crippen molar-refractivity contribution < 1.29 is 14.7 Å². The van der Waals surface area contributed by atoms with E-state index in [9.17, 15) is 9.59 Å². The van der Waals surface area contributed by atoms with Crippen LogP contribution in [0.1, 0.15) is 36.5 Å². The monoisotopic (exact) mass is 310 g/mol. The zero-order chi connectivity index (χ0) is 15.4. The summed E-state index contributed by atoms with van der Waals surface area (Å²) in [5.41, 5.74) is 0.274. The van der Waals surface area contributed by atoms with E-state index in [-0.39, 0.29) is 17.3 Å². The van der Waals surface area contributed by atoms with Gasteiger partial charge in [-0.2, -0.15) is 0 Å². The number of anilines is 1. The van der Waals surface area contributed by atoms with E-state index in [2.05, 4.69) is 12.2 Å². The molecule has 1 aromatic carbocycles. The van der Waals surface area contributed by atoms with Gasteiger partial charge in [-0.15, -0.1) is 0 Å². The van der Waals surface area contributed by atoms with E-state index in [1.54, 1.807) is 11.0 Å². The van der Waals surface area contributed by atoms with Crippen LogP contribution in [0, 0.1) is 5.92 Å². The topological polar surface area (TPSA) is 69.6 Å². The summed E-state index contributed by atoms with van der Waals surface area (Å²) in [7, 11) is 0. The van der Waals surface area contributed by atoms with Gasteiger partial charge >= 0.3 is 12.0 Å². The van der Waals surface area contributed by atoms with E-state index >= 15 is 0 Å². The molecule has 1 fully saturated rings. The average molecular weight is 311 g/mol. The Morgan fingerprint density at radius 1 is 1.48 bits per heavy atom. The molecule has 5 nitrogen and oxygen atoms in total. The fourth-order valence-corrected chi connectivity index (χ4v) is 2.75. The fraction of sp³-hybridized carbons (Fsp3) is 0.467. The summed E-state index contributed by atoms with van der Waals surface area (Å²) < 4.78 is 0. The Morgan fingerprint density at radius 2 is 2.24 bits per heavy atom. The molecular formula is C15H19ClN2O3. The Bertz CT molecular complexity index is 548. The molecule has 0 aliphatic carbocycles. The lowest BCUT2D eigenvalue weighted by molar-refractivity contribution is 0.0698. The Hall–Kier alpha value is -1.75. The molecule has 21 heavy (non-hydrogen) atoms. The van der Waals surface area contributed by atoms with E-state index in [0.29, 0.717) is 17.5 Å². The summed E-state index contributed by atoms with van der Waals surface area (Å²) in [6.45, 7) is 3.55. The van der Waals surface area contributed by atoms with Gasteiger partial charge in [0, 0.05) is 18.1 Å². The van der Waals surface area contributed by atoms with Crippen LogP contribution in [0.25, 0.3) is 0 Å². The molecule has 2 N–H and O–H groups in total. The molecule has 0 saturated carbocycles. The van der Waals surface area contributed by atoms with Gasteiger partial charge < -0.3 is 15.3 Å². The van der Waals surface area contributed by atoms with Crippen molar-refractivity contribution in [3.63, 3.8) is 0 Å². The van der Waals surface area contributed by atoms with Gasteiger partial charge in [-0.3, -0.25) is 0 Å². The number of amides is 2. The predicted molar refractivity (Wildman–Crippen MR) is 82.0 cm³/mol. The number of nitrogens with zero attached hydrogens (tertiary/aromatic N) is 1. The molecule has 1 atom stereocenters. The third-order valence-electron chi connectivity index (χ3n) is 3.84. The molecule has 114 valence electrons. The fourth-order valence-electron chi connectivity index (χ4n) is 2.58. The quantitative estimate of drug-likeness (QED) is 0.894. The van der Waals surface area contributed by atoms with Crippen LogP contribution in [-0.2, 0) is 0 Å². The molecule has 1 aromatic rings. The Labute approximate surface area is 128 Å². The first kappa shape index (κ1) is 15.6. The van der Waals surface area contributed by atoms with E-state index < -0.39 is 5.97 Å². The number of carboxylic acid groups (broad SMARTS) is 1. The number of urea groups is 1. The van der Waals surface area contributed by atoms with Crippen LogP contribution in [0.15, 0.2) is 18.2 Å². The van der Waals surface area contributed by atoms with Crippen molar-refractivity contribution >= 4 is 29.3 Å². The maximum Gasteiger partial charge on any atom is 0.337 e. The van der Waals surface area contributed by atoms with Gasteiger partial charge in [0.15, 0.2) is 0 Å². The SMILES string of the molecule is CCC1CCCN(C(=O)Nc2ccc(Cl)cc2C(=O)O)C1. The van der Waals surface area contributed by atoms with Crippen LogP contribution < -0.4 is 5.32 Å². The molecule has 1 aliphatic heterocycles. The maximum atomic E-state index is 12.3. The van der Waals surface area contributed by atoms with Crippen LogP contribution >= 0.6 is 11.6 Å². The largest absolute Gasteiger partial charge is 0.478 e. The molecule has 2 amide bonds. The van der Waals surface area contributed by atoms with E-state index in [1.807, 2.05) is 0 Å². The summed E-state index contributed by atoms with van der Waals surface area (Å²) in [6.07, 6.45) is 3.17. The van der Waals surface area contributed by atoms with Gasteiger partial charge in [0.1, 0.15) is 0 Å². The number of carbonyl (C=O) groups is 2. The van der Waals surface area contributed by atoms with Crippen molar-refractivity contribution in [2.24, 2.45) is 5.92 Å². The number of carboxylic acids is 1. The highest BCUT2D eigenvalue weighted by Gasteiger charge is 2.23. The van der Waals surface area contributed by atoms with Gasteiger partial charge in [-0.05, 0) is 37.0 Å². The summed E-state index contributed by atoms with van der Waals surface area (Å²) in [6, 6.07) is 4.17. The average Bonchev–Trinajstić information content (AvgIpc) is 2.48. The highest BCUT2D eigenvalue weighted by Crippen LogP contribution is 2.23. The van der Waals surface area contributed by atoms with Crippen molar-refractivity contribution in [1.82, 2.24) is 4.90 Å². The van der Waals surface area contributed by atoms with Gasteiger partial charge in [-0.25, -0.2) is 9.59 Å². The number of nitrogens with one attached hydrogen (secondary N) is 1. The van der Waals surface area contributed by atoms with Gasteiger partial charge in [0.2, 0.25) is 0 Å². The second-order valence-corrected chi connectivity index (χ2v) is 5.72. The number of hydrogen-bond donors (Lipinski definition) is 2. The number of hydrogen-bond acceptors (Lipinski definition) is 2. The molecule has 1 heterocycles. The van der Waals surface area contributed by atoms with Crippen molar-refractivity contribution in [1.29, 1.82) is 0 Å². The third kappa shape index (κ3) is 3.88. The van der Waals surface area contributed by atoms with Crippen molar-refractivity contribution in [3.05, 3.63) is 28.8 Å². The Balaban J connectivity index is 2.11. The number of halogens is 1. The number of likely N-dealkylation sites (tertiary alicyclic amines) is 1. The Morgan fingerprint density at radius 3 is 2.90 bits per heavy atom. The first-order valence-electron chi connectivity index (χ1n) is 7.10. The molecule has 0 radical (unpaired) electrons. The lowest BCUT2D eigenvalue weighted by Gasteiger charge is -2.32. The van der Waals surface area contributed by atoms with Crippen LogP contribution in [0.4, 0.5) is 10.5 Å². The second-order valence-electron chi connectivity index (χ2n) is 5.29. The third-order valence-corrected chi connectivity index (χ3v) is 4.07. The molecule has 0 aromatic heterocycles. The summed E-state index contributed by atoms with van der Waals surface area (Å²) >= 11 is 5.80. The minimum atomic E-state index is -1.11. The number of piperidine rings is 1. The number of carbonyl (C=O) groups excluding carboxylic acids is 1. The van der Waals surface area contributed by atoms with Crippen LogP contribution in [0.2, 0.25) is 5.02 Å². The minimum Gasteiger partial charge on any atom is -0.478 e. The first-order chi connectivity index (χ1) is 10.0. The molecule has 1 aliphatic rings. The summed E-state index contributed by atoms with van der Waals surface area (Å²) in [5.74, 6) is -0.591. The zero-order valence-electron chi connectivity index (χ0n) is 11.9. The smallest absolute Gasteiger partial charge is 0.337 e. The van der Waals surface area contributed by atoms with E-state index in [4.69, 9.17) is 16.7 Å². The molecule has 0 bridgehead atoms. The van der Waals surface area contributed by atoms with E-state index in [0.717, 1.165) is 25.8 Å². The van der Waals surface area contributed by atoms with Crippen LogP contribution in [0.5, 0.6) is 0 Å². The van der Waals surface area contributed by atoms with Gasteiger partial charge in [0.05, 0.1) is 11.3 Å². The standard InChI is InChI=1S/C15H19ClN2O3/c1-2-10-4-3-7-18(9-10)15(21)17-13-6-5-11(16)8-12(13)14(19)20/h5-6,8,10H,2-4,7,9H2,1H3,(H,17,21)(H,19,20). The van der Waals surface area contributed by atoms with Crippen molar-refractivity contribution in [2.45, 2.75) is 26.2 Å². The first-order valence-corrected chi connectivity index (χ1v) is 7.47. The molecule has 1 saturated heterocycles. The van der Waals surface area contributed by atoms with Gasteiger partial charge in [0.25, 0.3) is 0 Å². The Kier molecular flexibility index (Phi) is 5.07. The molecule has 6 heteroatoms. The highest BCUT2D eigenvalue weighted by molar-refractivity contribution is 6.31. The van der Waals surface area contributed by atoms with Crippen LogP contribution in [0.3, 0.4) is 0 Å². The van der Waals surface area contributed by atoms with Gasteiger partial charge in [-0.1, -0.05) is 24.9 Å². The van der Waals surface area contributed by atoms with Crippen molar-refractivity contribution in [2.75, 3.05) is 18.4 Å². The zero-order valence-corrected chi connectivity index (χ0v) is 12.7. The van der Waals surface area contributed by atoms with Crippen LogP contribution in [-0.4, -0.2) is 35.1 Å². The molecule has 1 unspecified atom stereocenters. The normalized spacial score (nSPS) is 18.4. The number of aromatic carboxylic acids is 1. The molecular weight excluding hydrogens is 292 g/mol. The maximum absolute atomic E-state index is 12.3. The van der Waals surface area contributed by atoms with Crippen molar-refractivity contribution in [3.8, 4) is 0 Å². The summed E-state index contributed by atoms with van der Waals surface area (Å²) in [4.78, 5) is 25.2. The number of rotatable bonds is 3. The highest BCUT2D eigenvalue weighted by atomic mass is 35.5. The molecule has 2 rings (SSSR count). The van der Waals surface area contributed by atoms with E-state index in [1.165, 1.54) is 12.1 Å². The lowest BCUT2D eigenvalue weighted by Crippen LogP contribution is -2.42. The lowest BCUT2D eigenvalue weighted by atomic mass is 9.96. The second kappa shape index (κ2) is 6.80. The summed E-state index contributed by atoms with van der Waals surface area (Å²) in [5, 5.41) is 12.2. The molecule has 0 spiro atoms. The predicted octanol–water partition coefficient (Wildman–Crippen LogP) is 3.69. The number of benzene rings is 1.